The van der Waals surface area contributed by atoms with Crippen LogP contribution in [-0.2, 0) is 6.54 Å². The molecule has 2 aromatic carbocycles. The summed E-state index contributed by atoms with van der Waals surface area (Å²) in [5, 5.41) is 7.67. The molecule has 0 amide bonds. The number of anilines is 4. The zero-order valence-corrected chi connectivity index (χ0v) is 23.7. The van der Waals surface area contributed by atoms with E-state index in [0.717, 1.165) is 56.5 Å². The molecule has 5 rings (SSSR count). The molecule has 0 radical (unpaired) electrons. The van der Waals surface area contributed by atoms with Gasteiger partial charge in [-0.2, -0.15) is 9.97 Å². The molecule has 2 aliphatic heterocycles. The molecule has 2 saturated heterocycles. The largest absolute Gasteiger partial charge is 0.368 e. The Morgan fingerprint density at radius 2 is 1.47 bits per heavy atom. The Balaban J connectivity index is 1.32. The topological polar surface area (TPSA) is 59.6 Å². The van der Waals surface area contributed by atoms with Crippen molar-refractivity contribution in [3.05, 3.63) is 71.2 Å². The molecule has 200 valence electrons. The number of hydrogen-bond donors (Lipinski definition) is 2. The van der Waals surface area contributed by atoms with E-state index < -0.39 is 0 Å². The first kappa shape index (κ1) is 26.5. The van der Waals surface area contributed by atoms with Crippen molar-refractivity contribution in [3.8, 4) is 0 Å². The van der Waals surface area contributed by atoms with Crippen molar-refractivity contribution in [2.45, 2.75) is 26.8 Å². The Bertz CT molecular complexity index is 1220. The molecule has 3 heterocycles. The summed E-state index contributed by atoms with van der Waals surface area (Å²) in [5.41, 5.74) is 2.25. The maximum Gasteiger partial charge on any atom is 0.232 e. The molecule has 7 nitrogen and oxygen atoms in total. The summed E-state index contributed by atoms with van der Waals surface area (Å²) in [7, 11) is 0. The molecule has 2 N–H and O–H groups in total. The van der Waals surface area contributed by atoms with Crippen LogP contribution in [0.3, 0.4) is 0 Å². The van der Waals surface area contributed by atoms with E-state index in [0.29, 0.717) is 34.5 Å². The number of hydrogen-bond acceptors (Lipinski definition) is 6. The minimum atomic E-state index is 0.474. The fraction of sp³-hybridized carbons (Fsp3) is 0.414. The van der Waals surface area contributed by atoms with Gasteiger partial charge >= 0.3 is 0 Å². The Labute approximate surface area is 236 Å². The van der Waals surface area contributed by atoms with E-state index in [9.17, 15) is 0 Å². The molecule has 0 aliphatic carbocycles. The van der Waals surface area contributed by atoms with Crippen LogP contribution in [0.2, 0.25) is 5.02 Å². The van der Waals surface area contributed by atoms with Gasteiger partial charge in [0, 0.05) is 62.6 Å². The first-order valence-electron chi connectivity index (χ1n) is 13.4. The minimum absolute atomic E-state index is 0.474. The second kappa shape index (κ2) is 12.2. The van der Waals surface area contributed by atoms with Gasteiger partial charge in [0.15, 0.2) is 5.11 Å². The van der Waals surface area contributed by atoms with E-state index >= 15 is 0 Å². The first-order chi connectivity index (χ1) is 18.4. The first-order valence-corrected chi connectivity index (χ1v) is 14.2. The molecule has 0 unspecified atom stereocenters. The normalized spacial score (nSPS) is 19.8. The number of benzene rings is 2. The van der Waals surface area contributed by atoms with Crippen molar-refractivity contribution in [3.63, 3.8) is 0 Å². The van der Waals surface area contributed by atoms with Crippen molar-refractivity contribution < 1.29 is 0 Å². The molecular weight excluding hydrogens is 514 g/mol. The SMILES string of the molecule is C[C@H]1C[C@H](C)CN(c2cc(N3CCN(c4ccccc4)CC3)nc(NC(=S)NCc3ccccc3Cl)n2)C1. The number of thiocarbonyl (C=S) groups is 1. The number of nitrogens with zero attached hydrogens (tertiary/aromatic N) is 5. The third-order valence-corrected chi connectivity index (χ3v) is 7.85. The number of piperidine rings is 1. The molecule has 2 aliphatic rings. The van der Waals surface area contributed by atoms with E-state index in [1.807, 2.05) is 24.3 Å². The highest BCUT2D eigenvalue weighted by atomic mass is 35.5. The van der Waals surface area contributed by atoms with Crippen molar-refractivity contribution in [1.29, 1.82) is 0 Å². The quantitative estimate of drug-likeness (QED) is 0.395. The minimum Gasteiger partial charge on any atom is -0.368 e. The van der Waals surface area contributed by atoms with Crippen LogP contribution in [0.4, 0.5) is 23.3 Å². The van der Waals surface area contributed by atoms with Crippen LogP contribution >= 0.6 is 23.8 Å². The van der Waals surface area contributed by atoms with Gasteiger partial charge < -0.3 is 25.3 Å². The molecular formula is C29H36ClN7S. The summed E-state index contributed by atoms with van der Waals surface area (Å²) in [5.74, 6) is 3.66. The van der Waals surface area contributed by atoms with Crippen molar-refractivity contribution in [2.24, 2.45) is 11.8 Å². The molecule has 2 fully saturated rings. The lowest BCUT2D eigenvalue weighted by Crippen LogP contribution is -2.47. The van der Waals surface area contributed by atoms with Gasteiger partial charge in [0.1, 0.15) is 11.6 Å². The van der Waals surface area contributed by atoms with Crippen LogP contribution in [0, 0.1) is 11.8 Å². The third kappa shape index (κ3) is 6.66. The van der Waals surface area contributed by atoms with Crippen molar-refractivity contribution in [1.82, 2.24) is 15.3 Å². The average Bonchev–Trinajstić information content (AvgIpc) is 2.92. The summed E-state index contributed by atoms with van der Waals surface area (Å²) in [4.78, 5) is 17.0. The summed E-state index contributed by atoms with van der Waals surface area (Å²) in [6.45, 7) is 10.8. The third-order valence-electron chi connectivity index (χ3n) is 7.24. The summed E-state index contributed by atoms with van der Waals surface area (Å²) >= 11 is 11.9. The molecule has 0 spiro atoms. The Hall–Kier alpha value is -3.10. The predicted molar refractivity (Wildman–Crippen MR) is 163 cm³/mol. The summed E-state index contributed by atoms with van der Waals surface area (Å²) < 4.78 is 0. The summed E-state index contributed by atoms with van der Waals surface area (Å²) in [6, 6.07) is 20.5. The van der Waals surface area contributed by atoms with Gasteiger partial charge in [0.25, 0.3) is 0 Å². The van der Waals surface area contributed by atoms with Crippen LogP contribution in [0.5, 0.6) is 0 Å². The number of para-hydroxylation sites is 1. The fourth-order valence-electron chi connectivity index (χ4n) is 5.45. The van der Waals surface area contributed by atoms with E-state index in [-0.39, 0.29) is 0 Å². The molecule has 0 bridgehead atoms. The van der Waals surface area contributed by atoms with Gasteiger partial charge in [-0.1, -0.05) is 61.8 Å². The average molecular weight is 550 g/mol. The van der Waals surface area contributed by atoms with Crippen LogP contribution in [0.1, 0.15) is 25.8 Å². The number of aromatic nitrogens is 2. The number of piperazine rings is 1. The molecule has 9 heteroatoms. The molecule has 38 heavy (non-hydrogen) atoms. The smallest absolute Gasteiger partial charge is 0.232 e. The lowest BCUT2D eigenvalue weighted by Gasteiger charge is -2.38. The highest BCUT2D eigenvalue weighted by Gasteiger charge is 2.25. The van der Waals surface area contributed by atoms with Crippen molar-refractivity contribution >= 4 is 52.2 Å². The molecule has 3 aromatic rings. The van der Waals surface area contributed by atoms with Crippen molar-refractivity contribution in [2.75, 3.05) is 59.3 Å². The monoisotopic (exact) mass is 549 g/mol. The van der Waals surface area contributed by atoms with E-state index in [1.54, 1.807) is 0 Å². The van der Waals surface area contributed by atoms with Gasteiger partial charge in [-0.05, 0) is 54.2 Å². The van der Waals surface area contributed by atoms with Crippen LogP contribution in [-0.4, -0.2) is 54.3 Å². The molecule has 0 saturated carbocycles. The van der Waals surface area contributed by atoms with Gasteiger partial charge in [0.05, 0.1) is 0 Å². The standard InChI is InChI=1S/C29H36ClN7S/c1-21-16-22(2)20-37(19-21)27-17-26(36-14-12-35(13-15-36)24-9-4-3-5-10-24)32-28(33-27)34-29(38)31-18-23-8-6-7-11-25(23)30/h3-11,17,21-22H,12-16,18-20H2,1-2H3,(H2,31,32,33,34,38)/t21-,22-/m0/s1. The lowest BCUT2D eigenvalue weighted by atomic mass is 9.92. The highest BCUT2D eigenvalue weighted by molar-refractivity contribution is 7.80. The number of nitrogens with one attached hydrogen (secondary N) is 2. The van der Waals surface area contributed by atoms with Crippen LogP contribution in [0.15, 0.2) is 60.7 Å². The second-order valence-electron chi connectivity index (χ2n) is 10.5. The van der Waals surface area contributed by atoms with E-state index in [1.165, 1.54) is 12.1 Å². The predicted octanol–water partition coefficient (Wildman–Crippen LogP) is 5.43. The van der Waals surface area contributed by atoms with E-state index in [2.05, 4.69) is 75.6 Å². The number of rotatable bonds is 6. The van der Waals surface area contributed by atoms with E-state index in [4.69, 9.17) is 33.8 Å². The maximum absolute atomic E-state index is 6.31. The number of halogens is 1. The zero-order valence-electron chi connectivity index (χ0n) is 22.1. The fourth-order valence-corrected chi connectivity index (χ4v) is 5.81. The zero-order chi connectivity index (χ0) is 26.5. The maximum atomic E-state index is 6.31. The molecule has 2 atom stereocenters. The summed E-state index contributed by atoms with van der Waals surface area (Å²) in [6.07, 6.45) is 1.25. The molecule has 1 aromatic heterocycles. The van der Waals surface area contributed by atoms with Crippen LogP contribution in [0.25, 0.3) is 0 Å². The highest BCUT2D eigenvalue weighted by Crippen LogP contribution is 2.29. The Morgan fingerprint density at radius 1 is 0.868 bits per heavy atom. The lowest BCUT2D eigenvalue weighted by molar-refractivity contribution is 0.355. The van der Waals surface area contributed by atoms with Crippen LogP contribution < -0.4 is 25.3 Å². The van der Waals surface area contributed by atoms with Gasteiger partial charge in [-0.25, -0.2) is 0 Å². The Morgan fingerprint density at radius 3 is 2.16 bits per heavy atom. The van der Waals surface area contributed by atoms with Gasteiger partial charge in [-0.15, -0.1) is 0 Å². The second-order valence-corrected chi connectivity index (χ2v) is 11.3. The Kier molecular flexibility index (Phi) is 8.49. The van der Waals surface area contributed by atoms with Gasteiger partial charge in [0.2, 0.25) is 5.95 Å². The van der Waals surface area contributed by atoms with Gasteiger partial charge in [-0.3, -0.25) is 0 Å².